The van der Waals surface area contributed by atoms with Crippen molar-refractivity contribution < 1.29 is 29.3 Å². The fraction of sp³-hybridized carbons (Fsp3) is 0.0571. The molecule has 5 heterocycles. The third kappa shape index (κ3) is 8.96. The number of benzene rings is 2. The van der Waals surface area contributed by atoms with Crippen LogP contribution in [-0.2, 0) is 24.2 Å². The van der Waals surface area contributed by atoms with Gasteiger partial charge in [-0.1, -0.05) is 66.7 Å². The van der Waals surface area contributed by atoms with Crippen molar-refractivity contribution in [1.82, 2.24) is 19.9 Å². The predicted octanol–water partition coefficient (Wildman–Crippen LogP) is 7.20. The summed E-state index contributed by atoms with van der Waals surface area (Å²) >= 11 is 0. The van der Waals surface area contributed by atoms with Gasteiger partial charge in [-0.2, -0.15) is 0 Å². The Bertz CT molecular complexity index is 1530. The van der Waals surface area contributed by atoms with Gasteiger partial charge in [0.15, 0.2) is 0 Å². The first-order valence-electron chi connectivity index (χ1n) is 13.5. The molecule has 4 aromatic heterocycles. The van der Waals surface area contributed by atoms with Crippen LogP contribution in [0.3, 0.4) is 0 Å². The maximum Gasteiger partial charge on any atom is 1.00 e. The summed E-state index contributed by atoms with van der Waals surface area (Å²) in [6, 6.07) is 40.3. The number of hydrogen-bond donors (Lipinski definition) is 1. The zero-order valence-corrected chi connectivity index (χ0v) is 24.9. The number of ether oxygens (including phenoxy) is 1. The number of para-hydroxylation sites is 1. The molecule has 1 aliphatic rings. The molecule has 0 saturated heterocycles. The summed E-state index contributed by atoms with van der Waals surface area (Å²) in [5, 5.41) is 9.77. The molecule has 6 aromatic rings. The first kappa shape index (κ1) is 30.9. The van der Waals surface area contributed by atoms with Crippen LogP contribution < -0.4 is 0 Å². The Hall–Kier alpha value is -5.07. The van der Waals surface area contributed by atoms with Crippen molar-refractivity contribution in [3.8, 4) is 28.5 Å². The average molecular weight is 653 g/mol. The van der Waals surface area contributed by atoms with E-state index in [4.69, 9.17) is 4.74 Å². The van der Waals surface area contributed by atoms with Gasteiger partial charge in [-0.05, 0) is 66.2 Å². The second-order valence-electron chi connectivity index (χ2n) is 9.05. The van der Waals surface area contributed by atoms with Crippen LogP contribution in [0.1, 0.15) is 17.2 Å². The van der Waals surface area contributed by atoms with Gasteiger partial charge in [0.05, 0.1) is 28.3 Å². The topological polar surface area (TPSA) is 93.4 Å². The molecule has 2 aromatic carbocycles. The van der Waals surface area contributed by atoms with Gasteiger partial charge in [0, 0.05) is 24.8 Å². The minimum Gasteiger partial charge on any atom is -0.507 e. The first-order valence-corrected chi connectivity index (χ1v) is 13.5. The zero-order chi connectivity index (χ0) is 28.8. The number of phenols is 1. The van der Waals surface area contributed by atoms with Crippen LogP contribution in [-0.4, -0.2) is 37.5 Å². The second kappa shape index (κ2) is 16.4. The van der Waals surface area contributed by atoms with Crippen molar-refractivity contribution in [3.05, 3.63) is 163 Å². The van der Waals surface area contributed by atoms with Gasteiger partial charge in [-0.3, -0.25) is 19.9 Å². The molecule has 43 heavy (non-hydrogen) atoms. The van der Waals surface area contributed by atoms with Gasteiger partial charge in [0.2, 0.25) is 5.90 Å². The van der Waals surface area contributed by atoms with E-state index < -0.39 is 0 Å². The molecular formula is C35H29N5O2Ru+. The van der Waals surface area contributed by atoms with E-state index in [1.54, 1.807) is 36.9 Å². The molecule has 0 aliphatic carbocycles. The van der Waals surface area contributed by atoms with Crippen LogP contribution in [0.15, 0.2) is 157 Å². The van der Waals surface area contributed by atoms with Crippen LogP contribution in [0.4, 0.5) is 0 Å². The largest absolute Gasteiger partial charge is 1.00 e. The third-order valence-electron chi connectivity index (χ3n) is 6.15. The average Bonchev–Trinajstić information content (AvgIpc) is 3.58. The van der Waals surface area contributed by atoms with Crippen LogP contribution in [0.2, 0.25) is 0 Å². The summed E-state index contributed by atoms with van der Waals surface area (Å²) in [4.78, 5) is 21.3. The van der Waals surface area contributed by atoms with Gasteiger partial charge in [-0.15, -0.1) is 0 Å². The third-order valence-corrected chi connectivity index (χ3v) is 6.15. The number of aromatic hydroxyl groups is 1. The molecule has 0 fully saturated rings. The summed E-state index contributed by atoms with van der Waals surface area (Å²) in [7, 11) is 0. The van der Waals surface area contributed by atoms with E-state index in [1.165, 1.54) is 0 Å². The normalized spacial score (nSPS) is 13.0. The summed E-state index contributed by atoms with van der Waals surface area (Å²) in [6.07, 6.45) is 7.07. The van der Waals surface area contributed by atoms with E-state index in [9.17, 15) is 5.11 Å². The molecule has 0 amide bonds. The summed E-state index contributed by atoms with van der Waals surface area (Å²) in [5.74, 6) is 0.715. The zero-order valence-electron chi connectivity index (χ0n) is 23.2. The number of hydrogen-bond acceptors (Lipinski definition) is 7. The Morgan fingerprint density at radius 1 is 0.512 bits per heavy atom. The number of phenolic OH excluding ortho intramolecular Hbond substituents is 1. The van der Waals surface area contributed by atoms with Gasteiger partial charge in [-0.25, -0.2) is 4.99 Å². The number of nitrogens with zero attached hydrogens (tertiary/aromatic N) is 5. The maximum atomic E-state index is 9.77. The van der Waals surface area contributed by atoms with Crippen LogP contribution in [0, 0.1) is 0 Å². The second-order valence-corrected chi connectivity index (χ2v) is 9.05. The van der Waals surface area contributed by atoms with Gasteiger partial charge in [0.1, 0.15) is 18.4 Å². The Balaban J connectivity index is 0.000000151. The van der Waals surface area contributed by atoms with E-state index in [2.05, 4.69) is 24.9 Å². The Morgan fingerprint density at radius 2 is 0.930 bits per heavy atom. The maximum absolute atomic E-state index is 9.77. The number of pyridine rings is 4. The quantitative estimate of drug-likeness (QED) is 0.203. The van der Waals surface area contributed by atoms with Gasteiger partial charge < -0.3 is 9.84 Å². The van der Waals surface area contributed by atoms with E-state index in [1.807, 2.05) is 115 Å². The van der Waals surface area contributed by atoms with Crippen molar-refractivity contribution in [2.24, 2.45) is 4.99 Å². The van der Waals surface area contributed by atoms with E-state index in [-0.39, 0.29) is 31.3 Å². The molecule has 1 radical (unpaired) electrons. The smallest absolute Gasteiger partial charge is 0.507 e. The predicted molar refractivity (Wildman–Crippen MR) is 165 cm³/mol. The van der Waals surface area contributed by atoms with E-state index >= 15 is 0 Å². The molecule has 7 nitrogen and oxygen atoms in total. The summed E-state index contributed by atoms with van der Waals surface area (Å²) in [5.41, 5.74) is 5.44. The number of rotatable bonds is 4. The molecular weight excluding hydrogens is 623 g/mol. The summed E-state index contributed by atoms with van der Waals surface area (Å²) in [6.45, 7) is 0.522. The molecule has 1 aliphatic heterocycles. The molecule has 1 atom stereocenters. The van der Waals surface area contributed by atoms with Crippen molar-refractivity contribution >= 4 is 5.90 Å². The minimum absolute atomic E-state index is 0. The molecule has 1 N–H and O–H groups in total. The molecule has 213 valence electrons. The Morgan fingerprint density at radius 3 is 1.35 bits per heavy atom. The monoisotopic (exact) mass is 653 g/mol. The SMILES string of the molecule is Oc1ccccc1C1=N[C@@H](c2ccccc2)CO1.[Ru+].c1ccc(-c2ccccn2)nc1.c1ccc(-c2ccccn2)nc1. The Kier molecular flexibility index (Phi) is 11.8. The molecule has 0 saturated carbocycles. The van der Waals surface area contributed by atoms with Crippen molar-refractivity contribution in [2.45, 2.75) is 6.04 Å². The molecule has 7 rings (SSSR count). The minimum atomic E-state index is 0. The van der Waals surface area contributed by atoms with Crippen LogP contribution >= 0.6 is 0 Å². The molecule has 8 heteroatoms. The fourth-order valence-corrected chi connectivity index (χ4v) is 4.08. The van der Waals surface area contributed by atoms with Gasteiger partial charge >= 0.3 is 19.5 Å². The molecule has 0 spiro atoms. The van der Waals surface area contributed by atoms with E-state index in [0.29, 0.717) is 18.1 Å². The van der Waals surface area contributed by atoms with Crippen LogP contribution in [0.5, 0.6) is 5.75 Å². The molecule has 0 bridgehead atoms. The number of aromatic nitrogens is 4. The first-order chi connectivity index (χ1) is 20.8. The number of aliphatic imine (C=N–C) groups is 1. The molecule has 0 unspecified atom stereocenters. The summed E-state index contributed by atoms with van der Waals surface area (Å²) < 4.78 is 5.58. The van der Waals surface area contributed by atoms with E-state index in [0.717, 1.165) is 28.3 Å². The van der Waals surface area contributed by atoms with Crippen LogP contribution in [0.25, 0.3) is 22.8 Å². The van der Waals surface area contributed by atoms with Gasteiger partial charge in [0.25, 0.3) is 0 Å². The Labute approximate surface area is 263 Å². The van der Waals surface area contributed by atoms with Crippen molar-refractivity contribution in [2.75, 3.05) is 6.61 Å². The van der Waals surface area contributed by atoms with Crippen molar-refractivity contribution in [3.63, 3.8) is 0 Å². The fourth-order valence-electron chi connectivity index (χ4n) is 4.08. The standard InChI is InChI=1S/C15H13NO2.2C10H8N2.Ru/c17-14-9-5-4-8-12(14)15-16-13(10-18-15)11-6-2-1-3-7-11;2*1-3-7-11-9(5-1)10-6-2-4-8-12-10;/h1-9,13,17H,10H2;2*1-8H;/q;;;+1/t13-;;;/m1.../s1. The van der Waals surface area contributed by atoms with Crippen molar-refractivity contribution in [1.29, 1.82) is 0 Å².